The topological polar surface area (TPSA) is 46.2 Å². The lowest BCUT2D eigenvalue weighted by atomic mass is 10.1. The van der Waals surface area contributed by atoms with Gasteiger partial charge in [-0.05, 0) is 31.5 Å². The molecule has 2 aromatic rings. The van der Waals surface area contributed by atoms with Crippen LogP contribution in [0.4, 0.5) is 5.69 Å². The van der Waals surface area contributed by atoms with Gasteiger partial charge in [0.05, 0.1) is 5.75 Å². The smallest absolute Gasteiger partial charge is 0.224 e. The largest absolute Gasteiger partial charge is 0.326 e. The highest BCUT2D eigenvalue weighted by molar-refractivity contribution is 8.00. The molecule has 126 valence electrons. The van der Waals surface area contributed by atoms with Gasteiger partial charge in [-0.1, -0.05) is 49.2 Å². The molecule has 0 atom stereocenters. The van der Waals surface area contributed by atoms with Crippen LogP contribution in [0.2, 0.25) is 0 Å². The van der Waals surface area contributed by atoms with Crippen molar-refractivity contribution in [1.82, 2.24) is 0 Å². The van der Waals surface area contributed by atoms with Gasteiger partial charge in [0.2, 0.25) is 5.91 Å². The molecule has 0 heterocycles. The number of ketones is 1. The second-order valence-corrected chi connectivity index (χ2v) is 6.81. The average Bonchev–Trinajstić information content (AvgIpc) is 2.59. The van der Waals surface area contributed by atoms with Crippen LogP contribution < -0.4 is 5.32 Å². The van der Waals surface area contributed by atoms with E-state index in [2.05, 4.69) is 12.2 Å². The van der Waals surface area contributed by atoms with Crippen LogP contribution in [0.3, 0.4) is 0 Å². The van der Waals surface area contributed by atoms with Gasteiger partial charge in [-0.3, -0.25) is 9.59 Å². The van der Waals surface area contributed by atoms with Crippen LogP contribution in [0.25, 0.3) is 0 Å². The molecule has 0 aromatic heterocycles. The first-order valence-corrected chi connectivity index (χ1v) is 9.19. The fourth-order valence-electron chi connectivity index (χ4n) is 2.20. The molecule has 0 unspecified atom stereocenters. The molecule has 0 fully saturated rings. The number of nitrogens with one attached hydrogen (secondary N) is 1. The SMILES string of the molecule is CCCCC(=O)Nc1cccc(SCC(=O)c2ccc(C)cc2)c1. The minimum Gasteiger partial charge on any atom is -0.326 e. The lowest BCUT2D eigenvalue weighted by molar-refractivity contribution is -0.116. The maximum absolute atomic E-state index is 12.2. The monoisotopic (exact) mass is 341 g/mol. The Morgan fingerprint density at radius 1 is 1.08 bits per heavy atom. The number of rotatable bonds is 8. The maximum Gasteiger partial charge on any atom is 0.224 e. The third-order valence-corrected chi connectivity index (χ3v) is 4.61. The average molecular weight is 341 g/mol. The minimum atomic E-state index is 0.0368. The van der Waals surface area contributed by atoms with Crippen molar-refractivity contribution < 1.29 is 9.59 Å². The number of anilines is 1. The Morgan fingerprint density at radius 2 is 1.83 bits per heavy atom. The summed E-state index contributed by atoms with van der Waals surface area (Å²) in [6.07, 6.45) is 2.44. The summed E-state index contributed by atoms with van der Waals surface area (Å²) in [6, 6.07) is 15.3. The van der Waals surface area contributed by atoms with Crippen LogP contribution in [-0.2, 0) is 4.79 Å². The summed E-state index contributed by atoms with van der Waals surface area (Å²) in [5.74, 6) is 0.531. The van der Waals surface area contributed by atoms with Gasteiger partial charge in [-0.25, -0.2) is 0 Å². The van der Waals surface area contributed by atoms with E-state index < -0.39 is 0 Å². The summed E-state index contributed by atoms with van der Waals surface area (Å²) in [5.41, 5.74) is 2.66. The van der Waals surface area contributed by atoms with Gasteiger partial charge in [0.15, 0.2) is 5.78 Å². The van der Waals surface area contributed by atoms with Crippen molar-refractivity contribution in [2.24, 2.45) is 0 Å². The Morgan fingerprint density at radius 3 is 2.54 bits per heavy atom. The molecule has 0 radical (unpaired) electrons. The third kappa shape index (κ3) is 5.85. The Labute approximate surface area is 147 Å². The fourth-order valence-corrected chi connectivity index (χ4v) is 3.05. The zero-order chi connectivity index (χ0) is 17.4. The number of Topliss-reactive ketones (excluding diaryl/α,β-unsaturated/α-hetero) is 1. The van der Waals surface area contributed by atoms with Crippen molar-refractivity contribution in [3.05, 3.63) is 59.7 Å². The summed E-state index contributed by atoms with van der Waals surface area (Å²) in [6.45, 7) is 4.07. The van der Waals surface area contributed by atoms with Crippen molar-refractivity contribution in [2.45, 2.75) is 38.0 Å². The summed E-state index contributed by atoms with van der Waals surface area (Å²) in [5, 5.41) is 2.91. The summed E-state index contributed by atoms with van der Waals surface area (Å²) >= 11 is 1.49. The van der Waals surface area contributed by atoms with Crippen LogP contribution in [0.15, 0.2) is 53.4 Å². The van der Waals surface area contributed by atoms with E-state index in [0.717, 1.165) is 34.6 Å². The number of carbonyl (C=O) groups excluding carboxylic acids is 2. The molecule has 0 saturated carbocycles. The lowest BCUT2D eigenvalue weighted by Gasteiger charge is -2.07. The number of unbranched alkanes of at least 4 members (excludes halogenated alkanes) is 1. The molecule has 0 saturated heterocycles. The Balaban J connectivity index is 1.90. The van der Waals surface area contributed by atoms with Gasteiger partial charge < -0.3 is 5.32 Å². The molecule has 4 heteroatoms. The summed E-state index contributed by atoms with van der Waals surface area (Å²) in [7, 11) is 0. The molecule has 0 aliphatic heterocycles. The first kappa shape index (κ1) is 18.3. The molecule has 1 amide bonds. The van der Waals surface area contributed by atoms with E-state index in [1.165, 1.54) is 11.8 Å². The molecular formula is C20H23NO2S. The van der Waals surface area contributed by atoms with Gasteiger partial charge >= 0.3 is 0 Å². The Hall–Kier alpha value is -2.07. The molecule has 0 bridgehead atoms. The normalized spacial score (nSPS) is 10.4. The van der Waals surface area contributed by atoms with Crippen molar-refractivity contribution in [2.75, 3.05) is 11.1 Å². The first-order valence-electron chi connectivity index (χ1n) is 8.21. The van der Waals surface area contributed by atoms with Gasteiger partial charge in [0.1, 0.15) is 0 Å². The van der Waals surface area contributed by atoms with Gasteiger partial charge in [0.25, 0.3) is 0 Å². The van der Waals surface area contributed by atoms with Crippen LogP contribution >= 0.6 is 11.8 Å². The van der Waals surface area contributed by atoms with Crippen LogP contribution in [0.1, 0.15) is 42.1 Å². The second-order valence-electron chi connectivity index (χ2n) is 5.76. The fraction of sp³-hybridized carbons (Fsp3) is 0.300. The molecule has 1 N–H and O–H groups in total. The quantitative estimate of drug-likeness (QED) is 0.537. The molecule has 0 spiro atoms. The van der Waals surface area contributed by atoms with E-state index in [0.29, 0.717) is 12.2 Å². The van der Waals surface area contributed by atoms with E-state index in [1.54, 1.807) is 0 Å². The predicted octanol–water partition coefficient (Wildman–Crippen LogP) is 5.10. The molecule has 0 aliphatic carbocycles. The van der Waals surface area contributed by atoms with E-state index in [1.807, 2.05) is 55.5 Å². The van der Waals surface area contributed by atoms with E-state index in [4.69, 9.17) is 0 Å². The predicted molar refractivity (Wildman–Crippen MR) is 101 cm³/mol. The summed E-state index contributed by atoms with van der Waals surface area (Å²) in [4.78, 5) is 25.0. The Kier molecular flexibility index (Phi) is 7.07. The number of hydrogen-bond donors (Lipinski definition) is 1. The number of hydrogen-bond acceptors (Lipinski definition) is 3. The minimum absolute atomic E-state index is 0.0368. The molecule has 3 nitrogen and oxygen atoms in total. The number of thioether (sulfide) groups is 1. The maximum atomic E-state index is 12.2. The van der Waals surface area contributed by atoms with Crippen molar-refractivity contribution in [3.63, 3.8) is 0 Å². The zero-order valence-electron chi connectivity index (χ0n) is 14.2. The van der Waals surface area contributed by atoms with E-state index >= 15 is 0 Å². The lowest BCUT2D eigenvalue weighted by Crippen LogP contribution is -2.10. The van der Waals surface area contributed by atoms with Crippen LogP contribution in [0, 0.1) is 6.92 Å². The molecule has 2 aromatic carbocycles. The van der Waals surface area contributed by atoms with Crippen molar-refractivity contribution in [1.29, 1.82) is 0 Å². The molecular weight excluding hydrogens is 318 g/mol. The van der Waals surface area contributed by atoms with Crippen LogP contribution in [-0.4, -0.2) is 17.4 Å². The summed E-state index contributed by atoms with van der Waals surface area (Å²) < 4.78 is 0. The van der Waals surface area contributed by atoms with Crippen molar-refractivity contribution >= 4 is 29.1 Å². The number of amides is 1. The highest BCUT2D eigenvalue weighted by atomic mass is 32.2. The Bertz CT molecular complexity index is 695. The van der Waals surface area contributed by atoms with E-state index in [-0.39, 0.29) is 11.7 Å². The first-order chi connectivity index (χ1) is 11.6. The highest BCUT2D eigenvalue weighted by Crippen LogP contribution is 2.23. The highest BCUT2D eigenvalue weighted by Gasteiger charge is 2.07. The molecule has 2 rings (SSSR count). The number of carbonyl (C=O) groups is 2. The zero-order valence-corrected chi connectivity index (χ0v) is 15.0. The molecule has 24 heavy (non-hydrogen) atoms. The number of aryl methyl sites for hydroxylation is 1. The van der Waals surface area contributed by atoms with Gasteiger partial charge in [0, 0.05) is 22.6 Å². The second kappa shape index (κ2) is 9.28. The van der Waals surface area contributed by atoms with Gasteiger partial charge in [-0.15, -0.1) is 11.8 Å². The van der Waals surface area contributed by atoms with Crippen LogP contribution in [0.5, 0.6) is 0 Å². The third-order valence-electron chi connectivity index (χ3n) is 3.62. The van der Waals surface area contributed by atoms with Crippen molar-refractivity contribution in [3.8, 4) is 0 Å². The van der Waals surface area contributed by atoms with E-state index in [9.17, 15) is 9.59 Å². The number of benzene rings is 2. The standard InChI is InChI=1S/C20H23NO2S/c1-3-4-8-20(23)21-17-6-5-7-18(13-17)24-14-19(22)16-11-9-15(2)10-12-16/h5-7,9-13H,3-4,8,14H2,1-2H3,(H,21,23). The van der Waals surface area contributed by atoms with Gasteiger partial charge in [-0.2, -0.15) is 0 Å². The molecule has 0 aliphatic rings.